The summed E-state index contributed by atoms with van der Waals surface area (Å²) in [7, 11) is 0. The predicted octanol–water partition coefficient (Wildman–Crippen LogP) is 4.26. The Morgan fingerprint density at radius 3 is 2.92 bits per heavy atom. The van der Waals surface area contributed by atoms with Crippen molar-refractivity contribution in [2.24, 2.45) is 5.92 Å². The van der Waals surface area contributed by atoms with E-state index in [4.69, 9.17) is 0 Å². The van der Waals surface area contributed by atoms with Crippen LogP contribution in [0.4, 0.5) is 0 Å². The zero-order valence-electron chi connectivity index (χ0n) is 14.2. The SMILES string of the molecule is Cc1nc2ccc(C(=O)N3CCn4cccc4[C@H]3C(C)C)cc2s1. The van der Waals surface area contributed by atoms with Gasteiger partial charge in [-0.25, -0.2) is 4.98 Å². The number of amides is 1. The minimum Gasteiger partial charge on any atom is -0.348 e. The molecule has 5 heteroatoms. The summed E-state index contributed by atoms with van der Waals surface area (Å²) in [6.07, 6.45) is 2.11. The van der Waals surface area contributed by atoms with Crippen molar-refractivity contribution in [2.45, 2.75) is 33.4 Å². The fourth-order valence-electron chi connectivity index (χ4n) is 3.68. The lowest BCUT2D eigenvalue weighted by Crippen LogP contribution is -2.43. The highest BCUT2D eigenvalue weighted by Crippen LogP contribution is 2.34. The molecule has 24 heavy (non-hydrogen) atoms. The Balaban J connectivity index is 1.72. The van der Waals surface area contributed by atoms with Crippen molar-refractivity contribution in [1.82, 2.24) is 14.5 Å². The summed E-state index contributed by atoms with van der Waals surface area (Å²) < 4.78 is 3.35. The van der Waals surface area contributed by atoms with Crippen LogP contribution in [0.3, 0.4) is 0 Å². The zero-order chi connectivity index (χ0) is 16.8. The Labute approximate surface area is 145 Å². The third kappa shape index (κ3) is 2.44. The molecule has 2 aromatic heterocycles. The Morgan fingerprint density at radius 2 is 2.12 bits per heavy atom. The fraction of sp³-hybridized carbons (Fsp3) is 0.368. The smallest absolute Gasteiger partial charge is 0.254 e. The van der Waals surface area contributed by atoms with Crippen molar-refractivity contribution in [3.63, 3.8) is 0 Å². The largest absolute Gasteiger partial charge is 0.348 e. The summed E-state index contributed by atoms with van der Waals surface area (Å²) in [5.41, 5.74) is 2.97. The molecule has 3 aromatic rings. The number of benzene rings is 1. The number of hydrogen-bond acceptors (Lipinski definition) is 3. The summed E-state index contributed by atoms with van der Waals surface area (Å²) in [5.74, 6) is 0.492. The second kappa shape index (κ2) is 5.74. The highest BCUT2D eigenvalue weighted by atomic mass is 32.1. The van der Waals surface area contributed by atoms with Crippen molar-refractivity contribution >= 4 is 27.5 Å². The predicted molar refractivity (Wildman–Crippen MR) is 97.4 cm³/mol. The number of rotatable bonds is 2. The molecule has 4 nitrogen and oxygen atoms in total. The molecule has 0 unspecified atom stereocenters. The molecule has 1 aromatic carbocycles. The number of carbonyl (C=O) groups excluding carboxylic acids is 1. The second-order valence-electron chi connectivity index (χ2n) is 6.73. The number of aryl methyl sites for hydroxylation is 1. The number of hydrogen-bond donors (Lipinski definition) is 0. The molecule has 0 spiro atoms. The van der Waals surface area contributed by atoms with E-state index >= 15 is 0 Å². The zero-order valence-corrected chi connectivity index (χ0v) is 15.0. The van der Waals surface area contributed by atoms with Gasteiger partial charge >= 0.3 is 0 Å². The van der Waals surface area contributed by atoms with Crippen molar-refractivity contribution in [2.75, 3.05) is 6.54 Å². The molecule has 0 saturated heterocycles. The van der Waals surface area contributed by atoms with Crippen molar-refractivity contribution in [3.05, 3.63) is 52.8 Å². The molecule has 0 bridgehead atoms. The quantitative estimate of drug-likeness (QED) is 0.700. The number of thiazole rings is 1. The first-order chi connectivity index (χ1) is 11.5. The Bertz CT molecular complexity index is 908. The van der Waals surface area contributed by atoms with Crippen LogP contribution < -0.4 is 0 Å². The van der Waals surface area contributed by atoms with Crippen LogP contribution in [-0.4, -0.2) is 26.9 Å². The molecule has 4 rings (SSSR count). The summed E-state index contributed by atoms with van der Waals surface area (Å²) in [6.45, 7) is 7.98. The van der Waals surface area contributed by atoms with Gasteiger partial charge in [0.15, 0.2) is 0 Å². The molecule has 0 N–H and O–H groups in total. The van der Waals surface area contributed by atoms with Gasteiger partial charge in [-0.15, -0.1) is 11.3 Å². The van der Waals surface area contributed by atoms with Crippen LogP contribution in [0.25, 0.3) is 10.2 Å². The van der Waals surface area contributed by atoms with Gasteiger partial charge in [0.1, 0.15) is 0 Å². The lowest BCUT2D eigenvalue weighted by molar-refractivity contribution is 0.0556. The normalized spacial score (nSPS) is 17.5. The molecule has 0 aliphatic carbocycles. The highest BCUT2D eigenvalue weighted by Gasteiger charge is 2.33. The molecule has 1 amide bonds. The molecule has 3 heterocycles. The van der Waals surface area contributed by atoms with E-state index in [1.54, 1.807) is 11.3 Å². The Kier molecular flexibility index (Phi) is 3.68. The van der Waals surface area contributed by atoms with Crippen LogP contribution in [0.5, 0.6) is 0 Å². The molecule has 1 atom stereocenters. The van der Waals surface area contributed by atoms with Gasteiger partial charge in [-0.05, 0) is 43.2 Å². The van der Waals surface area contributed by atoms with E-state index < -0.39 is 0 Å². The number of fused-ring (bicyclic) bond motifs is 2. The number of nitrogens with zero attached hydrogens (tertiary/aromatic N) is 3. The standard InChI is InChI=1S/C19H21N3OS/c1-12(2)18-16-5-4-8-21(16)9-10-22(18)19(23)14-6-7-15-17(11-14)24-13(3)20-15/h4-8,11-12,18H,9-10H2,1-3H3/t18-/m1/s1. The minimum absolute atomic E-state index is 0.120. The molecular formula is C19H21N3OS. The van der Waals surface area contributed by atoms with Crippen molar-refractivity contribution < 1.29 is 4.79 Å². The first-order valence-corrected chi connectivity index (χ1v) is 9.19. The van der Waals surface area contributed by atoms with Crippen LogP contribution >= 0.6 is 11.3 Å². The van der Waals surface area contributed by atoms with Crippen LogP contribution in [-0.2, 0) is 6.54 Å². The van der Waals surface area contributed by atoms with E-state index in [1.807, 2.05) is 30.0 Å². The molecular weight excluding hydrogens is 318 g/mol. The van der Waals surface area contributed by atoms with Gasteiger partial charge < -0.3 is 9.47 Å². The van der Waals surface area contributed by atoms with E-state index in [0.29, 0.717) is 5.92 Å². The van der Waals surface area contributed by atoms with Gasteiger partial charge in [-0.1, -0.05) is 13.8 Å². The average Bonchev–Trinajstić information content (AvgIpc) is 3.16. The second-order valence-corrected chi connectivity index (χ2v) is 7.96. The van der Waals surface area contributed by atoms with Gasteiger partial charge in [0.25, 0.3) is 5.91 Å². The van der Waals surface area contributed by atoms with Gasteiger partial charge in [0.2, 0.25) is 0 Å². The van der Waals surface area contributed by atoms with E-state index in [2.05, 4.69) is 41.7 Å². The molecule has 1 aliphatic heterocycles. The van der Waals surface area contributed by atoms with E-state index in [-0.39, 0.29) is 11.9 Å². The highest BCUT2D eigenvalue weighted by molar-refractivity contribution is 7.18. The van der Waals surface area contributed by atoms with Gasteiger partial charge in [-0.2, -0.15) is 0 Å². The molecule has 0 radical (unpaired) electrons. The first-order valence-electron chi connectivity index (χ1n) is 8.38. The summed E-state index contributed by atoms with van der Waals surface area (Å²) in [5, 5.41) is 1.03. The Morgan fingerprint density at radius 1 is 1.29 bits per heavy atom. The van der Waals surface area contributed by atoms with Crippen LogP contribution in [0.1, 0.15) is 40.9 Å². The van der Waals surface area contributed by atoms with E-state index in [1.165, 1.54) is 5.69 Å². The third-order valence-corrected chi connectivity index (χ3v) is 5.65. The van der Waals surface area contributed by atoms with Gasteiger partial charge in [0, 0.05) is 30.5 Å². The monoisotopic (exact) mass is 339 g/mol. The number of carbonyl (C=O) groups is 1. The Hall–Kier alpha value is -2.14. The van der Waals surface area contributed by atoms with Gasteiger partial charge in [0.05, 0.1) is 21.3 Å². The summed E-state index contributed by atoms with van der Waals surface area (Å²) in [6, 6.07) is 10.2. The summed E-state index contributed by atoms with van der Waals surface area (Å²) in [4.78, 5) is 19.7. The van der Waals surface area contributed by atoms with E-state index in [0.717, 1.165) is 33.9 Å². The molecule has 0 fully saturated rings. The molecule has 0 saturated carbocycles. The average molecular weight is 339 g/mol. The molecule has 124 valence electrons. The van der Waals surface area contributed by atoms with Gasteiger partial charge in [-0.3, -0.25) is 4.79 Å². The number of aromatic nitrogens is 2. The fourth-order valence-corrected chi connectivity index (χ4v) is 4.55. The summed E-state index contributed by atoms with van der Waals surface area (Å²) >= 11 is 1.64. The van der Waals surface area contributed by atoms with Crippen LogP contribution in [0, 0.1) is 12.8 Å². The third-order valence-electron chi connectivity index (χ3n) is 4.72. The first kappa shape index (κ1) is 15.4. The minimum atomic E-state index is 0.120. The van der Waals surface area contributed by atoms with Crippen LogP contribution in [0.15, 0.2) is 36.5 Å². The topological polar surface area (TPSA) is 38.1 Å². The van der Waals surface area contributed by atoms with Crippen LogP contribution in [0.2, 0.25) is 0 Å². The van der Waals surface area contributed by atoms with Crippen molar-refractivity contribution in [1.29, 1.82) is 0 Å². The lowest BCUT2D eigenvalue weighted by atomic mass is 9.96. The maximum Gasteiger partial charge on any atom is 0.254 e. The maximum atomic E-state index is 13.2. The maximum absolute atomic E-state index is 13.2. The molecule has 1 aliphatic rings. The van der Waals surface area contributed by atoms with Crippen molar-refractivity contribution in [3.8, 4) is 0 Å². The van der Waals surface area contributed by atoms with E-state index in [9.17, 15) is 4.79 Å². The lowest BCUT2D eigenvalue weighted by Gasteiger charge is -2.39.